The number of benzene rings is 1. The minimum absolute atomic E-state index is 0.0946. The van der Waals surface area contributed by atoms with E-state index in [0.29, 0.717) is 5.69 Å². The van der Waals surface area contributed by atoms with Gasteiger partial charge in [-0.15, -0.1) is 0 Å². The number of nitriles is 1. The van der Waals surface area contributed by atoms with E-state index in [-0.39, 0.29) is 24.2 Å². The summed E-state index contributed by atoms with van der Waals surface area (Å²) in [7, 11) is -2.04. The van der Waals surface area contributed by atoms with Crippen molar-refractivity contribution in [2.75, 3.05) is 25.0 Å². The molecule has 0 spiro atoms. The molecule has 0 unspecified atom stereocenters. The van der Waals surface area contributed by atoms with E-state index in [2.05, 4.69) is 4.72 Å². The van der Waals surface area contributed by atoms with Crippen molar-refractivity contribution in [1.29, 1.82) is 5.26 Å². The minimum Gasteiger partial charge on any atom is -0.368 e. The maximum atomic E-state index is 12.8. The number of hydrogen-bond acceptors (Lipinski definition) is 4. The Balaban J connectivity index is 2.25. The van der Waals surface area contributed by atoms with Crippen molar-refractivity contribution in [3.8, 4) is 6.07 Å². The molecule has 0 aromatic heterocycles. The molecule has 8 heteroatoms. The largest absolute Gasteiger partial charge is 0.368 e. The van der Waals surface area contributed by atoms with Gasteiger partial charge in [0.2, 0.25) is 10.0 Å². The Morgan fingerprint density at radius 3 is 2.60 bits per heavy atom. The predicted molar refractivity (Wildman–Crippen MR) is 70.1 cm³/mol. The summed E-state index contributed by atoms with van der Waals surface area (Å²) in [5.74, 6) is 0. The maximum absolute atomic E-state index is 12.8. The van der Waals surface area contributed by atoms with Gasteiger partial charge in [0.1, 0.15) is 11.3 Å². The Morgan fingerprint density at radius 2 is 2.10 bits per heavy atom. The normalized spacial score (nSPS) is 16.1. The molecule has 20 heavy (non-hydrogen) atoms. The van der Waals surface area contributed by atoms with Gasteiger partial charge in [0, 0.05) is 18.7 Å². The third-order valence-corrected chi connectivity index (χ3v) is 5.08. The molecular weight excluding hydrogens is 288 g/mol. The molecule has 5 nitrogen and oxygen atoms in total. The van der Waals surface area contributed by atoms with Crippen molar-refractivity contribution in [2.24, 2.45) is 0 Å². The Hall–Kier alpha value is -1.72. The molecule has 0 atom stereocenters. The lowest BCUT2D eigenvalue weighted by Gasteiger charge is -2.40. The number of sulfonamides is 1. The monoisotopic (exact) mass is 301 g/mol. The molecule has 0 radical (unpaired) electrons. The van der Waals surface area contributed by atoms with E-state index in [1.807, 2.05) is 0 Å². The third kappa shape index (κ3) is 2.46. The first kappa shape index (κ1) is 14.7. The summed E-state index contributed by atoms with van der Waals surface area (Å²) in [6, 6.07) is 5.97. The van der Waals surface area contributed by atoms with Crippen LogP contribution in [-0.4, -0.2) is 33.8 Å². The average molecular weight is 301 g/mol. The van der Waals surface area contributed by atoms with E-state index in [1.54, 1.807) is 17.0 Å². The van der Waals surface area contributed by atoms with Crippen molar-refractivity contribution in [3.63, 3.8) is 0 Å². The topological polar surface area (TPSA) is 73.2 Å². The number of anilines is 1. The number of nitrogens with one attached hydrogen (secondary N) is 1. The van der Waals surface area contributed by atoms with Crippen LogP contribution in [0.5, 0.6) is 0 Å². The summed E-state index contributed by atoms with van der Waals surface area (Å²) >= 11 is 0. The molecular formula is C12H13F2N3O2S. The molecule has 108 valence electrons. The van der Waals surface area contributed by atoms with Crippen molar-refractivity contribution < 1.29 is 17.2 Å². The lowest BCUT2D eigenvalue weighted by molar-refractivity contribution is 0.151. The van der Waals surface area contributed by atoms with Crippen LogP contribution >= 0.6 is 0 Å². The van der Waals surface area contributed by atoms with Crippen molar-refractivity contribution in [3.05, 3.63) is 29.3 Å². The molecule has 1 saturated heterocycles. The number of halogens is 2. The van der Waals surface area contributed by atoms with Gasteiger partial charge in [0.25, 0.3) is 6.43 Å². The standard InChI is InChI=1S/C12H13F2N3O2S/c1-16-20(18,19)8-6-17(7-8)11-4-2-3-9(12(13)14)10(11)5-15/h2-4,8,12,16H,6-7H2,1H3. The quantitative estimate of drug-likeness (QED) is 0.908. The molecule has 0 amide bonds. The zero-order valence-electron chi connectivity index (χ0n) is 10.7. The van der Waals surface area contributed by atoms with Gasteiger partial charge < -0.3 is 4.90 Å². The first-order valence-corrected chi connectivity index (χ1v) is 7.43. The second-order valence-corrected chi connectivity index (χ2v) is 6.59. The van der Waals surface area contributed by atoms with Gasteiger partial charge in [-0.1, -0.05) is 12.1 Å². The summed E-state index contributed by atoms with van der Waals surface area (Å²) in [5.41, 5.74) is -0.0689. The van der Waals surface area contributed by atoms with E-state index in [9.17, 15) is 17.2 Å². The number of nitrogens with zero attached hydrogens (tertiary/aromatic N) is 2. The second kappa shape index (κ2) is 5.34. The molecule has 1 aromatic rings. The molecule has 1 heterocycles. The van der Waals surface area contributed by atoms with Crippen LogP contribution in [0.15, 0.2) is 18.2 Å². The lowest BCUT2D eigenvalue weighted by Crippen LogP contribution is -2.57. The van der Waals surface area contributed by atoms with Gasteiger partial charge in [0.15, 0.2) is 0 Å². The van der Waals surface area contributed by atoms with Crippen LogP contribution in [0, 0.1) is 11.3 Å². The first-order valence-electron chi connectivity index (χ1n) is 5.89. The maximum Gasteiger partial charge on any atom is 0.265 e. The highest BCUT2D eigenvalue weighted by atomic mass is 32.2. The first-order chi connectivity index (χ1) is 9.40. The summed E-state index contributed by atoms with van der Waals surface area (Å²) in [4.78, 5) is 1.62. The molecule has 0 saturated carbocycles. The third-order valence-electron chi connectivity index (χ3n) is 3.33. The Kier molecular flexibility index (Phi) is 3.92. The Labute approximate surface area is 115 Å². The summed E-state index contributed by atoms with van der Waals surface area (Å²) in [5, 5.41) is 8.46. The van der Waals surface area contributed by atoms with Crippen molar-refractivity contribution in [2.45, 2.75) is 11.7 Å². The number of rotatable bonds is 4. The summed E-state index contributed by atoms with van der Waals surface area (Å²) in [6.07, 6.45) is -2.73. The van der Waals surface area contributed by atoms with Crippen LogP contribution in [-0.2, 0) is 10.0 Å². The fourth-order valence-electron chi connectivity index (χ4n) is 2.12. The van der Waals surface area contributed by atoms with Crippen molar-refractivity contribution >= 4 is 15.7 Å². The molecule has 0 bridgehead atoms. The average Bonchev–Trinajstić information content (AvgIpc) is 2.36. The van der Waals surface area contributed by atoms with Crippen LogP contribution in [0.2, 0.25) is 0 Å². The zero-order chi connectivity index (χ0) is 14.9. The van der Waals surface area contributed by atoms with Gasteiger partial charge in [-0.2, -0.15) is 5.26 Å². The van der Waals surface area contributed by atoms with Crippen LogP contribution in [0.1, 0.15) is 17.6 Å². The molecule has 1 N–H and O–H groups in total. The Bertz CT molecular complexity index is 649. The molecule has 1 aliphatic rings. The van der Waals surface area contributed by atoms with Crippen LogP contribution in [0.4, 0.5) is 14.5 Å². The molecule has 1 fully saturated rings. The summed E-state index contributed by atoms with van der Waals surface area (Å²) < 4.78 is 51.0. The highest BCUT2D eigenvalue weighted by molar-refractivity contribution is 7.90. The van der Waals surface area contributed by atoms with Crippen LogP contribution in [0.3, 0.4) is 0 Å². The second-order valence-electron chi connectivity index (χ2n) is 4.43. The van der Waals surface area contributed by atoms with E-state index in [1.165, 1.54) is 19.2 Å². The lowest BCUT2D eigenvalue weighted by atomic mass is 10.0. The molecule has 2 rings (SSSR count). The van der Waals surface area contributed by atoms with Crippen LogP contribution in [0.25, 0.3) is 0 Å². The highest BCUT2D eigenvalue weighted by Gasteiger charge is 2.37. The Morgan fingerprint density at radius 1 is 1.45 bits per heavy atom. The highest BCUT2D eigenvalue weighted by Crippen LogP contribution is 2.33. The fraction of sp³-hybridized carbons (Fsp3) is 0.417. The molecule has 1 aromatic carbocycles. The SMILES string of the molecule is CNS(=O)(=O)C1CN(c2cccc(C(F)F)c2C#N)C1. The fourth-order valence-corrected chi connectivity index (χ4v) is 3.21. The van der Waals surface area contributed by atoms with Crippen LogP contribution < -0.4 is 9.62 Å². The minimum atomic E-state index is -3.37. The summed E-state index contributed by atoms with van der Waals surface area (Å²) in [6.45, 7) is 0.370. The van der Waals surface area contributed by atoms with E-state index < -0.39 is 21.7 Å². The van der Waals surface area contributed by atoms with Gasteiger partial charge >= 0.3 is 0 Å². The van der Waals surface area contributed by atoms with E-state index >= 15 is 0 Å². The zero-order valence-corrected chi connectivity index (χ0v) is 11.5. The smallest absolute Gasteiger partial charge is 0.265 e. The number of alkyl halides is 2. The number of hydrogen-bond donors (Lipinski definition) is 1. The van der Waals surface area contributed by atoms with Gasteiger partial charge in [0.05, 0.1) is 11.3 Å². The van der Waals surface area contributed by atoms with Crippen molar-refractivity contribution in [1.82, 2.24) is 4.72 Å². The molecule has 1 aliphatic heterocycles. The van der Waals surface area contributed by atoms with Gasteiger partial charge in [-0.05, 0) is 13.1 Å². The van der Waals surface area contributed by atoms with E-state index in [4.69, 9.17) is 5.26 Å². The molecule has 0 aliphatic carbocycles. The van der Waals surface area contributed by atoms with Gasteiger partial charge in [-0.3, -0.25) is 0 Å². The predicted octanol–water partition coefficient (Wildman–Crippen LogP) is 1.23. The van der Waals surface area contributed by atoms with E-state index in [0.717, 1.165) is 0 Å². The van der Waals surface area contributed by atoms with Gasteiger partial charge in [-0.25, -0.2) is 21.9 Å².